The second kappa shape index (κ2) is 10.4. The van der Waals surface area contributed by atoms with Crippen molar-refractivity contribution in [2.75, 3.05) is 30.0 Å². The zero-order valence-electron chi connectivity index (χ0n) is 20.4. The SMILES string of the molecule is COc1ccccc1N1CC/C(=C\C2=C(C(=O)O)N3C(=O)[C@@H](NC(=O)/C(=N\O)c4csc(N)n4)[C@H]3SC2)C1=O. The van der Waals surface area contributed by atoms with Gasteiger partial charge in [-0.05, 0) is 30.2 Å². The van der Waals surface area contributed by atoms with E-state index in [1.165, 1.54) is 30.3 Å². The van der Waals surface area contributed by atoms with Crippen LogP contribution in [-0.2, 0) is 19.2 Å². The highest BCUT2D eigenvalue weighted by Crippen LogP contribution is 2.42. The number of thiazole rings is 1. The lowest BCUT2D eigenvalue weighted by atomic mass is 10.0. The van der Waals surface area contributed by atoms with Crippen molar-refractivity contribution in [1.29, 1.82) is 0 Å². The Balaban J connectivity index is 1.36. The number of nitrogen functional groups attached to an aromatic ring is 1. The van der Waals surface area contributed by atoms with E-state index in [4.69, 9.17) is 10.5 Å². The number of aliphatic carboxylic acids is 1. The molecule has 2 fully saturated rings. The summed E-state index contributed by atoms with van der Waals surface area (Å²) in [6.45, 7) is 0.395. The Hall–Kier alpha value is -4.37. The molecule has 3 aliphatic heterocycles. The fourth-order valence-corrected chi connectivity index (χ4v) is 6.47. The highest BCUT2D eigenvalue weighted by Gasteiger charge is 2.54. The molecule has 2 atom stereocenters. The molecule has 15 heteroatoms. The van der Waals surface area contributed by atoms with Crippen molar-refractivity contribution >= 4 is 63.3 Å². The largest absolute Gasteiger partial charge is 0.495 e. The Kier molecular flexibility index (Phi) is 7.01. The molecule has 0 aliphatic carbocycles. The number of carbonyl (C=O) groups excluding carboxylic acids is 3. The van der Waals surface area contributed by atoms with E-state index in [1.54, 1.807) is 29.2 Å². The summed E-state index contributed by atoms with van der Waals surface area (Å²) in [6, 6.07) is 6.06. The molecule has 39 heavy (non-hydrogen) atoms. The molecule has 5 rings (SSSR count). The number of aromatic nitrogens is 1. The molecular formula is C24H22N6O7S2. The van der Waals surface area contributed by atoms with Crippen LogP contribution in [0, 0.1) is 0 Å². The van der Waals surface area contributed by atoms with Crippen molar-refractivity contribution in [2.45, 2.75) is 17.8 Å². The molecule has 4 heterocycles. The van der Waals surface area contributed by atoms with Gasteiger partial charge in [-0.15, -0.1) is 23.1 Å². The average molecular weight is 571 g/mol. The van der Waals surface area contributed by atoms with Gasteiger partial charge in [0.15, 0.2) is 10.8 Å². The number of carboxylic acids is 1. The third kappa shape index (κ3) is 4.59. The molecule has 13 nitrogen and oxygen atoms in total. The predicted octanol–water partition coefficient (Wildman–Crippen LogP) is 1.01. The number of nitrogens with one attached hydrogen (secondary N) is 1. The lowest BCUT2D eigenvalue weighted by molar-refractivity contribution is -0.150. The standard InChI is InChI=1S/C24H22N6O7S2/c1-37-15-5-3-2-4-14(15)29-7-6-11(20(29)32)8-12-9-38-22-17(21(33)30(22)18(12)23(34)35)27-19(31)16(28-36)13-10-39-24(25)26-13/h2-5,8,10,17,22,36H,6-7,9H2,1H3,(H2,25,26)(H,27,31)(H,34,35)/b11-8+,28-16-/t17-,22-/m1/s1. The Morgan fingerprint density at radius 2 is 2.08 bits per heavy atom. The Morgan fingerprint density at radius 1 is 1.31 bits per heavy atom. The molecular weight excluding hydrogens is 548 g/mol. The van der Waals surface area contributed by atoms with Gasteiger partial charge in [0.1, 0.15) is 28.6 Å². The molecule has 2 aromatic rings. The van der Waals surface area contributed by atoms with Gasteiger partial charge in [0, 0.05) is 23.3 Å². The number of anilines is 2. The average Bonchev–Trinajstić information content (AvgIpc) is 3.52. The third-order valence-electron chi connectivity index (χ3n) is 6.42. The van der Waals surface area contributed by atoms with Crippen LogP contribution in [0.4, 0.5) is 10.8 Å². The number of ether oxygens (including phenoxy) is 1. The van der Waals surface area contributed by atoms with Crippen molar-refractivity contribution in [3.05, 3.63) is 58.3 Å². The molecule has 0 unspecified atom stereocenters. The number of carbonyl (C=O) groups is 4. The fraction of sp³-hybridized carbons (Fsp3) is 0.250. The number of hydrogen-bond donors (Lipinski definition) is 4. The maximum absolute atomic E-state index is 13.2. The Labute approximate surface area is 229 Å². The molecule has 3 amide bonds. The number of nitrogens with two attached hydrogens (primary N) is 1. The number of thioether (sulfide) groups is 1. The van der Waals surface area contributed by atoms with Gasteiger partial charge in [-0.3, -0.25) is 19.3 Å². The summed E-state index contributed by atoms with van der Waals surface area (Å²) in [5.41, 5.74) is 6.30. The number of hydrogen-bond acceptors (Lipinski definition) is 11. The van der Waals surface area contributed by atoms with Crippen molar-refractivity contribution in [3.8, 4) is 5.75 Å². The normalized spacial score (nSPS) is 22.2. The zero-order chi connectivity index (χ0) is 27.8. The molecule has 0 spiro atoms. The molecule has 1 aromatic heterocycles. The highest BCUT2D eigenvalue weighted by atomic mass is 32.2. The summed E-state index contributed by atoms with van der Waals surface area (Å²) in [6.07, 6.45) is 1.92. The van der Waals surface area contributed by atoms with Gasteiger partial charge in [-0.2, -0.15) is 0 Å². The monoisotopic (exact) mass is 570 g/mol. The van der Waals surface area contributed by atoms with Crippen LogP contribution in [0.25, 0.3) is 0 Å². The number of nitrogens with zero attached hydrogens (tertiary/aromatic N) is 4. The summed E-state index contributed by atoms with van der Waals surface area (Å²) in [7, 11) is 1.52. The zero-order valence-corrected chi connectivity index (χ0v) is 22.0. The molecule has 202 valence electrons. The van der Waals surface area contributed by atoms with E-state index in [9.17, 15) is 29.5 Å². The number of fused-ring (bicyclic) bond motifs is 1. The molecule has 0 radical (unpaired) electrons. The number of benzene rings is 1. The minimum absolute atomic E-state index is 0.0425. The Morgan fingerprint density at radius 3 is 2.74 bits per heavy atom. The Bertz CT molecular complexity index is 1480. The number of methoxy groups -OCH3 is 1. The van der Waals surface area contributed by atoms with Crippen LogP contribution in [0.15, 0.2) is 57.7 Å². The van der Waals surface area contributed by atoms with E-state index in [1.807, 2.05) is 0 Å². The van der Waals surface area contributed by atoms with Crippen LogP contribution >= 0.6 is 23.1 Å². The minimum Gasteiger partial charge on any atom is -0.495 e. The molecule has 0 bridgehead atoms. The first kappa shape index (κ1) is 26.2. The van der Waals surface area contributed by atoms with Crippen LogP contribution < -0.4 is 20.7 Å². The number of rotatable bonds is 7. The van der Waals surface area contributed by atoms with E-state index in [2.05, 4.69) is 15.5 Å². The lowest BCUT2D eigenvalue weighted by Crippen LogP contribution is -2.71. The first-order valence-corrected chi connectivity index (χ1v) is 13.5. The molecule has 3 aliphatic rings. The van der Waals surface area contributed by atoms with Crippen LogP contribution in [0.1, 0.15) is 12.1 Å². The number of amides is 3. The van der Waals surface area contributed by atoms with Gasteiger partial charge in [0.2, 0.25) is 0 Å². The second-order valence-corrected chi connectivity index (χ2v) is 10.6. The predicted molar refractivity (Wildman–Crippen MR) is 143 cm³/mol. The number of allylic oxidation sites excluding steroid dienone is 1. The van der Waals surface area contributed by atoms with Gasteiger partial charge in [0.05, 0.1) is 12.8 Å². The summed E-state index contributed by atoms with van der Waals surface area (Å²) in [5.74, 6) is -2.37. The molecule has 5 N–H and O–H groups in total. The van der Waals surface area contributed by atoms with E-state index in [0.717, 1.165) is 16.2 Å². The van der Waals surface area contributed by atoms with Crippen molar-refractivity contribution in [3.63, 3.8) is 0 Å². The molecule has 1 aromatic carbocycles. The van der Waals surface area contributed by atoms with Crippen LogP contribution in [-0.4, -0.2) is 80.4 Å². The lowest BCUT2D eigenvalue weighted by Gasteiger charge is -2.49. The quantitative estimate of drug-likeness (QED) is 0.123. The first-order valence-electron chi connectivity index (χ1n) is 11.6. The summed E-state index contributed by atoms with van der Waals surface area (Å²) in [4.78, 5) is 57.7. The van der Waals surface area contributed by atoms with Gasteiger partial charge in [0.25, 0.3) is 17.7 Å². The number of β-lactam (4-membered cyclic amide) rings is 1. The van der Waals surface area contributed by atoms with Crippen LogP contribution in [0.2, 0.25) is 0 Å². The summed E-state index contributed by atoms with van der Waals surface area (Å²) >= 11 is 2.29. The fourth-order valence-electron chi connectivity index (χ4n) is 4.61. The van der Waals surface area contributed by atoms with Crippen molar-refractivity contribution < 1.29 is 34.2 Å². The van der Waals surface area contributed by atoms with E-state index >= 15 is 0 Å². The van der Waals surface area contributed by atoms with Crippen molar-refractivity contribution in [2.24, 2.45) is 5.16 Å². The van der Waals surface area contributed by atoms with E-state index in [0.29, 0.717) is 35.5 Å². The smallest absolute Gasteiger partial charge is 0.352 e. The van der Waals surface area contributed by atoms with Gasteiger partial charge < -0.3 is 31.0 Å². The van der Waals surface area contributed by atoms with Crippen LogP contribution in [0.5, 0.6) is 5.75 Å². The van der Waals surface area contributed by atoms with Gasteiger partial charge in [-0.25, -0.2) is 9.78 Å². The second-order valence-electron chi connectivity index (χ2n) is 8.61. The number of carboxylic acid groups (broad SMARTS) is 1. The van der Waals surface area contributed by atoms with Gasteiger partial charge in [-0.1, -0.05) is 17.3 Å². The van der Waals surface area contributed by atoms with E-state index < -0.39 is 34.9 Å². The third-order valence-corrected chi connectivity index (χ3v) is 8.39. The number of para-hydroxylation sites is 2. The van der Waals surface area contributed by atoms with Crippen molar-refractivity contribution in [1.82, 2.24) is 15.2 Å². The maximum atomic E-state index is 13.2. The highest BCUT2D eigenvalue weighted by molar-refractivity contribution is 8.00. The molecule has 2 saturated heterocycles. The van der Waals surface area contributed by atoms with Gasteiger partial charge >= 0.3 is 5.97 Å². The minimum atomic E-state index is -1.33. The number of oxime groups is 1. The summed E-state index contributed by atoms with van der Waals surface area (Å²) < 4.78 is 5.36. The first-order chi connectivity index (χ1) is 18.7. The van der Waals surface area contributed by atoms with E-state index in [-0.39, 0.29) is 28.2 Å². The van der Waals surface area contributed by atoms with Crippen LogP contribution in [0.3, 0.4) is 0 Å². The maximum Gasteiger partial charge on any atom is 0.352 e. The topological polar surface area (TPSA) is 188 Å². The molecule has 0 saturated carbocycles. The summed E-state index contributed by atoms with van der Waals surface area (Å²) in [5, 5.41) is 25.6.